The van der Waals surface area contributed by atoms with Crippen LogP contribution in [0.2, 0.25) is 0 Å². The Morgan fingerprint density at radius 1 is 1.18 bits per heavy atom. The molecule has 0 fully saturated rings. The maximum atomic E-state index is 11.7. The van der Waals surface area contributed by atoms with Gasteiger partial charge >= 0.3 is 5.69 Å². The zero-order chi connectivity index (χ0) is 12.6. The lowest BCUT2D eigenvalue weighted by Gasteiger charge is -2.08. The molecule has 0 saturated heterocycles. The van der Waals surface area contributed by atoms with Crippen LogP contribution in [0.1, 0.15) is 0 Å². The number of rotatable bonds is 1. The lowest BCUT2D eigenvalue weighted by Crippen LogP contribution is -1.96. The molecule has 0 amide bonds. The van der Waals surface area contributed by atoms with E-state index in [0.717, 1.165) is 0 Å². The highest BCUT2D eigenvalue weighted by molar-refractivity contribution is 8.14. The minimum absolute atomic E-state index is 0.141. The van der Waals surface area contributed by atoms with Crippen LogP contribution in [0.3, 0.4) is 0 Å². The molecule has 0 bridgehead atoms. The zero-order valence-corrected chi connectivity index (χ0v) is 9.86. The minimum atomic E-state index is -3.93. The van der Waals surface area contributed by atoms with Crippen LogP contribution >= 0.6 is 10.7 Å². The van der Waals surface area contributed by atoms with E-state index >= 15 is 0 Å². The Hall–Kier alpha value is -1.84. The summed E-state index contributed by atoms with van der Waals surface area (Å²) >= 11 is 0. The SMILES string of the molecule is N#[N+]c1ccc2c(S(=O)(=O)Cl)cccc2c1[O-]. The normalized spacial score (nSPS) is 11.3. The maximum Gasteiger partial charge on any atom is 0.378 e. The first-order valence-electron chi connectivity index (χ1n) is 4.47. The molecular formula is C10H5ClN2O3S. The van der Waals surface area contributed by atoms with Crippen LogP contribution in [0, 0.1) is 5.39 Å². The molecule has 0 spiro atoms. The number of diazo groups is 1. The van der Waals surface area contributed by atoms with E-state index < -0.39 is 14.8 Å². The van der Waals surface area contributed by atoms with Gasteiger partial charge in [-0.25, -0.2) is 8.42 Å². The third-order valence-corrected chi connectivity index (χ3v) is 3.70. The second-order valence-corrected chi connectivity index (χ2v) is 5.84. The number of fused-ring (bicyclic) bond motifs is 1. The van der Waals surface area contributed by atoms with Crippen molar-refractivity contribution in [1.29, 1.82) is 5.39 Å². The van der Waals surface area contributed by atoms with Gasteiger partial charge in [-0.15, -0.1) is 0 Å². The van der Waals surface area contributed by atoms with E-state index in [2.05, 4.69) is 4.98 Å². The number of nitrogens with zero attached hydrogens (tertiary/aromatic N) is 2. The van der Waals surface area contributed by atoms with E-state index in [1.165, 1.54) is 30.3 Å². The van der Waals surface area contributed by atoms with Gasteiger partial charge in [0, 0.05) is 22.1 Å². The first-order valence-corrected chi connectivity index (χ1v) is 6.78. The van der Waals surface area contributed by atoms with Crippen molar-refractivity contribution in [3.63, 3.8) is 0 Å². The van der Waals surface area contributed by atoms with E-state index in [-0.39, 0.29) is 21.4 Å². The minimum Gasteiger partial charge on any atom is -0.867 e. The third kappa shape index (κ3) is 1.90. The lowest BCUT2D eigenvalue weighted by molar-refractivity contribution is -0.264. The molecule has 0 aliphatic heterocycles. The van der Waals surface area contributed by atoms with Gasteiger partial charge < -0.3 is 5.11 Å². The predicted octanol–water partition coefficient (Wildman–Crippen LogP) is 2.33. The van der Waals surface area contributed by atoms with E-state index in [0.29, 0.717) is 0 Å². The van der Waals surface area contributed by atoms with Crippen LogP contribution in [-0.4, -0.2) is 8.42 Å². The van der Waals surface area contributed by atoms with Crippen molar-refractivity contribution in [3.05, 3.63) is 35.3 Å². The molecule has 0 atom stereocenters. The topological polar surface area (TPSA) is 85.3 Å². The molecule has 0 aliphatic rings. The number of hydrogen-bond donors (Lipinski definition) is 0. The quantitative estimate of drug-likeness (QED) is 0.587. The molecule has 0 aliphatic carbocycles. The molecule has 0 radical (unpaired) electrons. The van der Waals surface area contributed by atoms with Crippen molar-refractivity contribution in [2.24, 2.45) is 0 Å². The van der Waals surface area contributed by atoms with Crippen LogP contribution in [-0.2, 0) is 9.05 Å². The standard InChI is InChI=1S/C10H5ClN2O3S/c11-17(15,16)9-3-1-2-7-6(9)4-5-8(13-12)10(7)14/h1-5H. The highest BCUT2D eigenvalue weighted by Gasteiger charge is 2.17. The number of benzene rings is 2. The molecule has 2 aromatic rings. The molecule has 17 heavy (non-hydrogen) atoms. The number of halogens is 1. The van der Waals surface area contributed by atoms with Crippen molar-refractivity contribution in [2.45, 2.75) is 4.90 Å². The van der Waals surface area contributed by atoms with Gasteiger partial charge in [0.05, 0.1) is 4.90 Å². The highest BCUT2D eigenvalue weighted by Crippen LogP contribution is 2.35. The van der Waals surface area contributed by atoms with Crippen molar-refractivity contribution >= 4 is 36.2 Å². The Morgan fingerprint density at radius 3 is 2.47 bits per heavy atom. The molecule has 0 heterocycles. The van der Waals surface area contributed by atoms with Gasteiger partial charge in [-0.2, -0.15) is 0 Å². The van der Waals surface area contributed by atoms with Crippen LogP contribution in [0.5, 0.6) is 5.75 Å². The summed E-state index contributed by atoms with van der Waals surface area (Å²) < 4.78 is 22.6. The monoisotopic (exact) mass is 268 g/mol. The molecule has 0 N–H and O–H groups in total. The summed E-state index contributed by atoms with van der Waals surface area (Å²) in [4.78, 5) is 2.68. The average Bonchev–Trinajstić information content (AvgIpc) is 2.28. The Labute approximate surface area is 101 Å². The Morgan fingerprint density at radius 2 is 1.88 bits per heavy atom. The van der Waals surface area contributed by atoms with Gasteiger partial charge in [0.2, 0.25) is 5.39 Å². The van der Waals surface area contributed by atoms with Crippen molar-refractivity contribution in [3.8, 4) is 5.75 Å². The predicted molar refractivity (Wildman–Crippen MR) is 61.2 cm³/mol. The van der Waals surface area contributed by atoms with Crippen LogP contribution < -0.4 is 5.11 Å². The van der Waals surface area contributed by atoms with Gasteiger partial charge in [-0.05, 0) is 23.3 Å². The number of hydrogen-bond acceptors (Lipinski definition) is 4. The molecule has 0 unspecified atom stereocenters. The average molecular weight is 269 g/mol. The highest BCUT2D eigenvalue weighted by atomic mass is 35.7. The van der Waals surface area contributed by atoms with Crippen molar-refractivity contribution in [2.75, 3.05) is 0 Å². The van der Waals surface area contributed by atoms with Crippen LogP contribution in [0.25, 0.3) is 15.7 Å². The molecule has 5 nitrogen and oxygen atoms in total. The molecule has 86 valence electrons. The third-order valence-electron chi connectivity index (χ3n) is 2.32. The summed E-state index contributed by atoms with van der Waals surface area (Å²) in [7, 11) is 1.34. The van der Waals surface area contributed by atoms with E-state index in [4.69, 9.17) is 16.1 Å². The van der Waals surface area contributed by atoms with Gasteiger partial charge in [-0.3, -0.25) is 0 Å². The second-order valence-electron chi connectivity index (χ2n) is 3.30. The van der Waals surface area contributed by atoms with E-state index in [9.17, 15) is 13.5 Å². The van der Waals surface area contributed by atoms with Gasteiger partial charge in [0.1, 0.15) is 0 Å². The van der Waals surface area contributed by atoms with Gasteiger partial charge in [-0.1, -0.05) is 12.1 Å². The molecule has 2 rings (SSSR count). The molecular weight excluding hydrogens is 264 g/mol. The summed E-state index contributed by atoms with van der Waals surface area (Å²) in [6.07, 6.45) is 0. The van der Waals surface area contributed by atoms with Crippen molar-refractivity contribution in [1.82, 2.24) is 0 Å². The fourth-order valence-electron chi connectivity index (χ4n) is 1.58. The summed E-state index contributed by atoms with van der Waals surface area (Å²) in [6, 6.07) is 6.76. The van der Waals surface area contributed by atoms with E-state index in [1.54, 1.807) is 0 Å². The summed E-state index contributed by atoms with van der Waals surface area (Å²) in [5.74, 6) is -0.549. The van der Waals surface area contributed by atoms with Crippen molar-refractivity contribution < 1.29 is 13.5 Å². The second kappa shape index (κ2) is 3.87. The molecule has 0 saturated carbocycles. The fraction of sp³-hybridized carbons (Fsp3) is 0. The Balaban J connectivity index is 2.96. The maximum absolute atomic E-state index is 11.7. The van der Waals surface area contributed by atoms with Gasteiger partial charge in [0.15, 0.2) is 4.98 Å². The van der Waals surface area contributed by atoms with Crippen LogP contribution in [0.4, 0.5) is 5.69 Å². The summed E-state index contributed by atoms with van der Waals surface area (Å²) in [5, 5.41) is 20.7. The molecule has 2 aromatic carbocycles. The lowest BCUT2D eigenvalue weighted by atomic mass is 10.1. The largest absolute Gasteiger partial charge is 0.867 e. The smallest absolute Gasteiger partial charge is 0.378 e. The van der Waals surface area contributed by atoms with E-state index in [1.807, 2.05) is 0 Å². The molecule has 0 aromatic heterocycles. The Bertz CT molecular complexity index is 750. The van der Waals surface area contributed by atoms with Crippen LogP contribution in [0.15, 0.2) is 35.2 Å². The van der Waals surface area contributed by atoms with Gasteiger partial charge in [0.25, 0.3) is 9.05 Å². The summed E-state index contributed by atoms with van der Waals surface area (Å²) in [6.45, 7) is 0. The fourth-order valence-corrected chi connectivity index (χ4v) is 2.67. The molecule has 7 heteroatoms. The zero-order valence-electron chi connectivity index (χ0n) is 8.29. The summed E-state index contributed by atoms with van der Waals surface area (Å²) in [5.41, 5.74) is -0.151. The first-order chi connectivity index (χ1) is 7.95. The Kier molecular flexibility index (Phi) is 2.65. The first kappa shape index (κ1) is 11.6.